The monoisotopic (exact) mass is 227 g/mol. The highest BCUT2D eigenvalue weighted by Crippen LogP contribution is 2.27. The standard InChI is InChI=1S/C10H14ClN3O/c1-13-6-9(12-7-13)10(15)14(5-4-11)8-2-3-8/h6-8H,2-5H2,1H3. The van der Waals surface area contributed by atoms with Crippen LogP contribution < -0.4 is 0 Å². The van der Waals surface area contributed by atoms with E-state index in [4.69, 9.17) is 11.6 Å². The number of hydrogen-bond acceptors (Lipinski definition) is 2. The van der Waals surface area contributed by atoms with Gasteiger partial charge in [0.1, 0.15) is 5.69 Å². The molecular weight excluding hydrogens is 214 g/mol. The summed E-state index contributed by atoms with van der Waals surface area (Å²) in [4.78, 5) is 17.9. The number of aromatic nitrogens is 2. The fourth-order valence-electron chi connectivity index (χ4n) is 1.60. The Kier molecular flexibility index (Phi) is 2.95. The molecule has 5 heteroatoms. The first-order chi connectivity index (χ1) is 7.22. The van der Waals surface area contributed by atoms with E-state index in [1.54, 1.807) is 17.1 Å². The van der Waals surface area contributed by atoms with Crippen molar-refractivity contribution in [3.63, 3.8) is 0 Å². The van der Waals surface area contributed by atoms with E-state index >= 15 is 0 Å². The van der Waals surface area contributed by atoms with Gasteiger partial charge in [-0.25, -0.2) is 4.98 Å². The molecule has 1 aromatic heterocycles. The van der Waals surface area contributed by atoms with Crippen molar-refractivity contribution in [2.45, 2.75) is 18.9 Å². The van der Waals surface area contributed by atoms with Gasteiger partial charge < -0.3 is 9.47 Å². The largest absolute Gasteiger partial charge is 0.340 e. The molecule has 2 rings (SSSR count). The van der Waals surface area contributed by atoms with E-state index < -0.39 is 0 Å². The normalized spacial score (nSPS) is 15.3. The second kappa shape index (κ2) is 4.23. The van der Waals surface area contributed by atoms with Gasteiger partial charge in [-0.05, 0) is 12.8 Å². The Morgan fingerprint density at radius 2 is 2.47 bits per heavy atom. The van der Waals surface area contributed by atoms with Crippen LogP contribution in [0.3, 0.4) is 0 Å². The van der Waals surface area contributed by atoms with Crippen LogP contribution in [0.2, 0.25) is 0 Å². The summed E-state index contributed by atoms with van der Waals surface area (Å²) in [6, 6.07) is 0.387. The topological polar surface area (TPSA) is 38.1 Å². The van der Waals surface area contributed by atoms with Crippen LogP contribution in [0.15, 0.2) is 12.5 Å². The summed E-state index contributed by atoms with van der Waals surface area (Å²) in [5.41, 5.74) is 0.509. The molecule has 15 heavy (non-hydrogen) atoms. The van der Waals surface area contributed by atoms with E-state index in [-0.39, 0.29) is 5.91 Å². The Morgan fingerprint density at radius 1 is 1.73 bits per heavy atom. The van der Waals surface area contributed by atoms with Gasteiger partial charge in [0.15, 0.2) is 0 Å². The van der Waals surface area contributed by atoms with Crippen LogP contribution in [-0.2, 0) is 7.05 Å². The predicted molar refractivity (Wildman–Crippen MR) is 58.0 cm³/mol. The number of carbonyl (C=O) groups is 1. The van der Waals surface area contributed by atoms with Crippen molar-refractivity contribution < 1.29 is 4.79 Å². The highest BCUT2D eigenvalue weighted by molar-refractivity contribution is 6.18. The number of nitrogens with zero attached hydrogens (tertiary/aromatic N) is 3. The molecule has 0 unspecified atom stereocenters. The van der Waals surface area contributed by atoms with Crippen molar-refractivity contribution in [2.75, 3.05) is 12.4 Å². The van der Waals surface area contributed by atoms with Gasteiger partial charge in [-0.3, -0.25) is 4.79 Å². The van der Waals surface area contributed by atoms with Crippen molar-refractivity contribution in [1.29, 1.82) is 0 Å². The third-order valence-electron chi connectivity index (χ3n) is 2.50. The molecule has 0 atom stereocenters. The van der Waals surface area contributed by atoms with Crippen LogP contribution in [0.4, 0.5) is 0 Å². The third-order valence-corrected chi connectivity index (χ3v) is 2.67. The van der Waals surface area contributed by atoms with E-state index in [1.807, 2.05) is 11.9 Å². The number of hydrogen-bond donors (Lipinski definition) is 0. The zero-order chi connectivity index (χ0) is 10.8. The maximum atomic E-state index is 12.0. The lowest BCUT2D eigenvalue weighted by molar-refractivity contribution is 0.0748. The van der Waals surface area contributed by atoms with Crippen LogP contribution >= 0.6 is 11.6 Å². The molecule has 0 saturated heterocycles. The molecule has 1 saturated carbocycles. The van der Waals surface area contributed by atoms with Crippen LogP contribution in [0.25, 0.3) is 0 Å². The molecule has 1 aliphatic carbocycles. The number of aryl methyl sites for hydroxylation is 1. The molecule has 4 nitrogen and oxygen atoms in total. The van der Waals surface area contributed by atoms with Gasteiger partial charge in [-0.1, -0.05) is 0 Å². The Hall–Kier alpha value is -1.03. The minimum atomic E-state index is -0.00116. The highest BCUT2D eigenvalue weighted by atomic mass is 35.5. The van der Waals surface area contributed by atoms with Crippen molar-refractivity contribution in [3.8, 4) is 0 Å². The van der Waals surface area contributed by atoms with Crippen molar-refractivity contribution in [2.24, 2.45) is 7.05 Å². The third kappa shape index (κ3) is 2.31. The Morgan fingerprint density at radius 3 is 2.93 bits per heavy atom. The van der Waals surface area contributed by atoms with Gasteiger partial charge in [0.2, 0.25) is 0 Å². The van der Waals surface area contributed by atoms with Crippen molar-refractivity contribution >= 4 is 17.5 Å². The second-order valence-corrected chi connectivity index (χ2v) is 4.22. The fraction of sp³-hybridized carbons (Fsp3) is 0.600. The lowest BCUT2D eigenvalue weighted by Gasteiger charge is -2.19. The zero-order valence-electron chi connectivity index (χ0n) is 8.69. The van der Waals surface area contributed by atoms with E-state index in [1.165, 1.54) is 0 Å². The summed E-state index contributed by atoms with van der Waals surface area (Å²) >= 11 is 5.69. The van der Waals surface area contributed by atoms with E-state index in [2.05, 4.69) is 4.98 Å². The first-order valence-electron chi connectivity index (χ1n) is 5.07. The maximum absolute atomic E-state index is 12.0. The summed E-state index contributed by atoms with van der Waals surface area (Å²) in [7, 11) is 1.85. The number of carbonyl (C=O) groups excluding carboxylic acids is 1. The molecule has 0 spiro atoms. The first-order valence-corrected chi connectivity index (χ1v) is 5.60. The van der Waals surface area contributed by atoms with Crippen LogP contribution in [0.5, 0.6) is 0 Å². The molecule has 1 aromatic rings. The number of imidazole rings is 1. The highest BCUT2D eigenvalue weighted by Gasteiger charge is 2.33. The van der Waals surface area contributed by atoms with Gasteiger partial charge in [0.25, 0.3) is 5.91 Å². The molecule has 0 aromatic carbocycles. The fourth-order valence-corrected chi connectivity index (χ4v) is 1.78. The summed E-state index contributed by atoms with van der Waals surface area (Å²) in [6.07, 6.45) is 5.57. The molecule has 0 bridgehead atoms. The molecular formula is C10H14ClN3O. The van der Waals surface area contributed by atoms with E-state index in [9.17, 15) is 4.79 Å². The predicted octanol–water partition coefficient (Wildman–Crippen LogP) is 1.26. The number of amides is 1. The SMILES string of the molecule is Cn1cnc(C(=O)N(CCCl)C2CC2)c1. The lowest BCUT2D eigenvalue weighted by atomic mass is 10.3. The Labute approximate surface area is 93.8 Å². The molecule has 0 aliphatic heterocycles. The molecule has 0 N–H and O–H groups in total. The summed E-state index contributed by atoms with van der Waals surface area (Å²) < 4.78 is 1.78. The smallest absolute Gasteiger partial charge is 0.274 e. The molecule has 0 radical (unpaired) electrons. The van der Waals surface area contributed by atoms with Crippen LogP contribution in [0, 0.1) is 0 Å². The van der Waals surface area contributed by atoms with Crippen LogP contribution in [-0.4, -0.2) is 38.8 Å². The van der Waals surface area contributed by atoms with E-state index in [0.29, 0.717) is 24.2 Å². The maximum Gasteiger partial charge on any atom is 0.274 e. The number of alkyl halides is 1. The Balaban J connectivity index is 2.10. The quantitative estimate of drug-likeness (QED) is 0.727. The average Bonchev–Trinajstić information content (AvgIpc) is 2.96. The minimum Gasteiger partial charge on any atom is -0.340 e. The molecule has 82 valence electrons. The number of halogens is 1. The molecule has 1 aliphatic rings. The van der Waals surface area contributed by atoms with Gasteiger partial charge in [-0.15, -0.1) is 11.6 Å². The van der Waals surface area contributed by atoms with Gasteiger partial charge >= 0.3 is 0 Å². The Bertz CT molecular complexity index is 359. The van der Waals surface area contributed by atoms with Crippen molar-refractivity contribution in [1.82, 2.24) is 14.5 Å². The van der Waals surface area contributed by atoms with Gasteiger partial charge in [-0.2, -0.15) is 0 Å². The summed E-state index contributed by atoms with van der Waals surface area (Å²) in [6.45, 7) is 0.613. The minimum absolute atomic E-state index is 0.00116. The average molecular weight is 228 g/mol. The molecule has 1 heterocycles. The van der Waals surface area contributed by atoms with E-state index in [0.717, 1.165) is 12.8 Å². The lowest BCUT2D eigenvalue weighted by Crippen LogP contribution is -2.34. The van der Waals surface area contributed by atoms with Gasteiger partial charge in [0.05, 0.1) is 6.33 Å². The zero-order valence-corrected chi connectivity index (χ0v) is 9.44. The van der Waals surface area contributed by atoms with Gasteiger partial charge in [0, 0.05) is 31.7 Å². The second-order valence-electron chi connectivity index (χ2n) is 3.84. The van der Waals surface area contributed by atoms with Crippen molar-refractivity contribution in [3.05, 3.63) is 18.2 Å². The first kappa shape index (κ1) is 10.5. The summed E-state index contributed by atoms with van der Waals surface area (Å²) in [5.74, 6) is 0.480. The molecule has 1 amide bonds. The molecule has 1 fully saturated rings. The van der Waals surface area contributed by atoms with Crippen LogP contribution in [0.1, 0.15) is 23.3 Å². The summed E-state index contributed by atoms with van der Waals surface area (Å²) in [5, 5.41) is 0. The number of rotatable bonds is 4.